The zero-order chi connectivity index (χ0) is 15.6. The summed E-state index contributed by atoms with van der Waals surface area (Å²) in [6.07, 6.45) is 0. The van der Waals surface area contributed by atoms with Gasteiger partial charge in [0.25, 0.3) is 0 Å². The van der Waals surface area contributed by atoms with Crippen molar-refractivity contribution in [3.63, 3.8) is 0 Å². The molecule has 120 valence electrons. The molecule has 1 aromatic carbocycles. The molecule has 3 heterocycles. The molecule has 0 radical (unpaired) electrons. The summed E-state index contributed by atoms with van der Waals surface area (Å²) in [5, 5.41) is 0.416. The minimum absolute atomic E-state index is 0.0394. The van der Waals surface area contributed by atoms with Crippen LogP contribution in [0.25, 0.3) is 0 Å². The number of phosphoric ester groups is 1. The summed E-state index contributed by atoms with van der Waals surface area (Å²) in [6.45, 7) is 0.285. The molecular weight excluding hydrogens is 335 g/mol. The molecule has 9 heteroatoms. The Labute approximate surface area is 132 Å². The highest BCUT2D eigenvalue weighted by Gasteiger charge is 2.51. The fourth-order valence-electron chi connectivity index (χ4n) is 1.98. The van der Waals surface area contributed by atoms with Crippen LogP contribution in [0.4, 0.5) is 0 Å². The van der Waals surface area contributed by atoms with E-state index in [1.54, 1.807) is 24.3 Å². The monoisotopic (exact) mass is 348 g/mol. The normalized spacial score (nSPS) is 30.0. The number of benzene rings is 1. The first-order valence-corrected chi connectivity index (χ1v) is 8.41. The first kappa shape index (κ1) is 15.8. The number of carbonyl (C=O) groups is 1. The third-order valence-corrected chi connectivity index (χ3v) is 4.96. The van der Waals surface area contributed by atoms with Crippen molar-refractivity contribution in [3.8, 4) is 5.75 Å². The first-order valence-electron chi connectivity index (χ1n) is 6.57. The van der Waals surface area contributed by atoms with E-state index in [2.05, 4.69) is 0 Å². The lowest BCUT2D eigenvalue weighted by molar-refractivity contribution is -0.161. The van der Waals surface area contributed by atoms with Gasteiger partial charge in [0, 0.05) is 0 Å². The number of phosphoric acid groups is 1. The highest BCUT2D eigenvalue weighted by molar-refractivity contribution is 7.48. The number of esters is 1. The van der Waals surface area contributed by atoms with Crippen LogP contribution in [0.5, 0.6) is 5.75 Å². The number of rotatable bonds is 5. The molecule has 3 aliphatic heterocycles. The van der Waals surface area contributed by atoms with Crippen molar-refractivity contribution in [2.75, 3.05) is 33.0 Å². The molecule has 7 nitrogen and oxygen atoms in total. The van der Waals surface area contributed by atoms with Gasteiger partial charge in [-0.15, -0.1) is 0 Å². The zero-order valence-corrected chi connectivity index (χ0v) is 13.2. The van der Waals surface area contributed by atoms with E-state index >= 15 is 0 Å². The third-order valence-electron chi connectivity index (χ3n) is 3.31. The molecule has 0 atom stereocenters. The molecule has 22 heavy (non-hydrogen) atoms. The molecule has 0 saturated carbocycles. The number of halogens is 1. The smallest absolute Gasteiger partial charge is 0.474 e. The first-order chi connectivity index (χ1) is 10.5. The van der Waals surface area contributed by atoms with E-state index in [9.17, 15) is 9.36 Å². The van der Waals surface area contributed by atoms with Gasteiger partial charge in [-0.25, -0.2) is 9.36 Å². The third kappa shape index (κ3) is 3.45. The molecule has 0 unspecified atom stereocenters. The van der Waals surface area contributed by atoms with E-state index in [-0.39, 0.29) is 33.0 Å². The summed E-state index contributed by atoms with van der Waals surface area (Å²) < 4.78 is 37.1. The minimum atomic E-state index is -3.36. The summed E-state index contributed by atoms with van der Waals surface area (Å²) in [6, 6.07) is 6.83. The van der Waals surface area contributed by atoms with Gasteiger partial charge in [-0.3, -0.25) is 13.6 Å². The van der Waals surface area contributed by atoms with Crippen LogP contribution in [0, 0.1) is 5.41 Å². The Morgan fingerprint density at radius 1 is 1.23 bits per heavy atom. The fourth-order valence-corrected chi connectivity index (χ4v) is 3.69. The molecule has 3 saturated heterocycles. The van der Waals surface area contributed by atoms with Gasteiger partial charge < -0.3 is 9.47 Å². The number of ether oxygens (including phenoxy) is 2. The Kier molecular flexibility index (Phi) is 4.43. The van der Waals surface area contributed by atoms with E-state index in [1.807, 2.05) is 0 Å². The van der Waals surface area contributed by atoms with Crippen molar-refractivity contribution in [1.29, 1.82) is 0 Å². The number of carbonyl (C=O) groups excluding carboxylic acids is 1. The molecule has 0 aromatic heterocycles. The van der Waals surface area contributed by atoms with E-state index in [1.165, 1.54) is 0 Å². The number of para-hydroxylation sites is 1. The van der Waals surface area contributed by atoms with Gasteiger partial charge in [0.2, 0.25) is 0 Å². The zero-order valence-electron chi connectivity index (χ0n) is 11.5. The molecule has 1 aromatic rings. The Morgan fingerprint density at radius 2 is 1.86 bits per heavy atom. The van der Waals surface area contributed by atoms with Crippen LogP contribution in [0.1, 0.15) is 0 Å². The van der Waals surface area contributed by atoms with E-state index in [0.717, 1.165) is 0 Å². The summed E-state index contributed by atoms with van der Waals surface area (Å²) in [5.74, 6) is -0.140. The second kappa shape index (κ2) is 6.18. The Balaban J connectivity index is 1.47. The Morgan fingerprint density at radius 3 is 2.50 bits per heavy atom. The molecule has 3 aliphatic rings. The Bertz CT molecular complexity index is 589. The Hall–Kier alpha value is -1.11. The van der Waals surface area contributed by atoms with Crippen molar-refractivity contribution in [3.05, 3.63) is 29.3 Å². The van der Waals surface area contributed by atoms with Crippen LogP contribution in [-0.4, -0.2) is 39.0 Å². The lowest BCUT2D eigenvalue weighted by atomic mass is 9.92. The van der Waals surface area contributed by atoms with Crippen molar-refractivity contribution in [2.45, 2.75) is 0 Å². The standard InChI is InChI=1S/C13H14ClO7P/c14-10-3-1-2-4-11(10)17-5-12(15)18-6-13-7-19-22(16,20-8-13)21-9-13/h1-4H,5-9H2. The van der Waals surface area contributed by atoms with E-state index in [0.29, 0.717) is 10.8 Å². The maximum absolute atomic E-state index is 11.7. The van der Waals surface area contributed by atoms with E-state index < -0.39 is 19.2 Å². The van der Waals surface area contributed by atoms with Gasteiger partial charge in [-0.1, -0.05) is 23.7 Å². The van der Waals surface area contributed by atoms with Crippen LogP contribution < -0.4 is 4.74 Å². The largest absolute Gasteiger partial charge is 0.480 e. The van der Waals surface area contributed by atoms with Crippen LogP contribution in [0.15, 0.2) is 24.3 Å². The summed E-state index contributed by atoms with van der Waals surface area (Å²) in [5.41, 5.74) is -0.619. The molecule has 0 amide bonds. The molecule has 0 spiro atoms. The van der Waals surface area contributed by atoms with Gasteiger partial charge >= 0.3 is 13.8 Å². The fraction of sp³-hybridized carbons (Fsp3) is 0.462. The van der Waals surface area contributed by atoms with Crippen molar-refractivity contribution < 1.29 is 32.4 Å². The predicted molar refractivity (Wildman–Crippen MR) is 75.8 cm³/mol. The lowest BCUT2D eigenvalue weighted by Crippen LogP contribution is -2.48. The molecule has 0 N–H and O–H groups in total. The molecular formula is C13H14ClO7P. The van der Waals surface area contributed by atoms with Gasteiger partial charge in [-0.2, -0.15) is 0 Å². The van der Waals surface area contributed by atoms with Crippen molar-refractivity contribution in [2.24, 2.45) is 5.41 Å². The van der Waals surface area contributed by atoms with E-state index in [4.69, 9.17) is 34.6 Å². The van der Waals surface area contributed by atoms with Gasteiger partial charge in [0.15, 0.2) is 6.61 Å². The minimum Gasteiger partial charge on any atom is -0.480 e. The van der Waals surface area contributed by atoms with Gasteiger partial charge in [0.1, 0.15) is 12.4 Å². The maximum Gasteiger partial charge on any atom is 0.474 e. The number of fused-ring (bicyclic) bond motifs is 3. The van der Waals surface area contributed by atoms with Crippen molar-refractivity contribution in [1.82, 2.24) is 0 Å². The summed E-state index contributed by atoms with van der Waals surface area (Å²) >= 11 is 5.92. The van der Waals surface area contributed by atoms with Crippen LogP contribution in [0.3, 0.4) is 0 Å². The van der Waals surface area contributed by atoms with Crippen molar-refractivity contribution >= 4 is 25.4 Å². The molecule has 3 fully saturated rings. The average molecular weight is 349 g/mol. The van der Waals surface area contributed by atoms with Crippen LogP contribution in [-0.2, 0) is 27.7 Å². The predicted octanol–water partition coefficient (Wildman–Crippen LogP) is 2.43. The molecule has 4 rings (SSSR count). The SMILES string of the molecule is O=C(COc1ccccc1Cl)OCC12COP(=O)(OC1)OC2. The van der Waals surface area contributed by atoms with Crippen LogP contribution >= 0.6 is 19.4 Å². The topological polar surface area (TPSA) is 80.3 Å². The molecule has 0 aliphatic carbocycles. The van der Waals surface area contributed by atoms with Gasteiger partial charge in [0.05, 0.1) is 30.3 Å². The van der Waals surface area contributed by atoms with Crippen LogP contribution in [0.2, 0.25) is 5.02 Å². The second-order valence-electron chi connectivity index (χ2n) is 5.15. The highest BCUT2D eigenvalue weighted by atomic mass is 35.5. The summed E-state index contributed by atoms with van der Waals surface area (Å²) in [7, 11) is -3.36. The summed E-state index contributed by atoms with van der Waals surface area (Å²) in [4.78, 5) is 11.7. The van der Waals surface area contributed by atoms with Gasteiger partial charge in [-0.05, 0) is 12.1 Å². The lowest BCUT2D eigenvalue weighted by Gasteiger charge is -2.43. The molecule has 2 bridgehead atoms. The second-order valence-corrected chi connectivity index (χ2v) is 7.22. The average Bonchev–Trinajstić information content (AvgIpc) is 2.54. The highest BCUT2D eigenvalue weighted by Crippen LogP contribution is 2.59. The number of hydrogen-bond donors (Lipinski definition) is 0. The number of hydrogen-bond acceptors (Lipinski definition) is 7. The maximum atomic E-state index is 11.7. The quantitative estimate of drug-likeness (QED) is 0.597.